The van der Waals surface area contributed by atoms with Crippen molar-refractivity contribution in [2.75, 3.05) is 7.05 Å². The van der Waals surface area contributed by atoms with Gasteiger partial charge < -0.3 is 20.6 Å². The van der Waals surface area contributed by atoms with Gasteiger partial charge >= 0.3 is 5.97 Å². The summed E-state index contributed by atoms with van der Waals surface area (Å²) in [5.41, 5.74) is 7.79. The van der Waals surface area contributed by atoms with Gasteiger partial charge in [0, 0.05) is 6.92 Å². The molecule has 0 aliphatic rings. The summed E-state index contributed by atoms with van der Waals surface area (Å²) < 4.78 is 5.37. The molecule has 0 spiro atoms. The van der Waals surface area contributed by atoms with E-state index in [2.05, 4.69) is 10.3 Å². The van der Waals surface area contributed by atoms with Gasteiger partial charge in [-0.05, 0) is 24.7 Å². The fourth-order valence-electron chi connectivity index (χ4n) is 1.95. The molecule has 2 rings (SSSR count). The normalized spacial score (nSPS) is 14.6. The second kappa shape index (κ2) is 4.75. The first-order valence-electron chi connectivity index (χ1n) is 5.55. The van der Waals surface area contributed by atoms with Crippen molar-refractivity contribution < 1.29 is 14.3 Å². The number of benzene rings is 1. The van der Waals surface area contributed by atoms with Gasteiger partial charge in [0.15, 0.2) is 11.5 Å². The molecule has 4 N–H and O–H groups in total. The third kappa shape index (κ3) is 2.20. The van der Waals surface area contributed by atoms with Gasteiger partial charge in [-0.15, -0.1) is 0 Å². The molecule has 6 nitrogen and oxygen atoms in total. The highest BCUT2D eigenvalue weighted by Crippen LogP contribution is 2.22. The first-order chi connectivity index (χ1) is 8.52. The molecule has 2 atom stereocenters. The first-order valence-corrected chi connectivity index (χ1v) is 5.55. The number of oxazole rings is 1. The van der Waals surface area contributed by atoms with E-state index in [0.717, 1.165) is 5.56 Å². The standard InChI is InChI=1S/C12H15N3O3/c1-6-15-8-5-7(3-4-9(8)18-6)11(14-2)10(13)12(16)17/h3-5,10-11,14H,13H2,1-2H3,(H,16,17). The van der Waals surface area contributed by atoms with Crippen molar-refractivity contribution >= 4 is 17.1 Å². The third-order valence-corrected chi connectivity index (χ3v) is 2.83. The smallest absolute Gasteiger partial charge is 0.322 e. The average molecular weight is 249 g/mol. The zero-order valence-corrected chi connectivity index (χ0v) is 10.2. The summed E-state index contributed by atoms with van der Waals surface area (Å²) >= 11 is 0. The van der Waals surface area contributed by atoms with E-state index in [1.54, 1.807) is 32.2 Å². The van der Waals surface area contributed by atoms with Crippen LogP contribution in [0.1, 0.15) is 17.5 Å². The zero-order chi connectivity index (χ0) is 13.3. The minimum atomic E-state index is -1.05. The Bertz CT molecular complexity index is 579. The molecule has 0 saturated heterocycles. The molecule has 2 unspecified atom stereocenters. The van der Waals surface area contributed by atoms with Gasteiger partial charge in [0.25, 0.3) is 0 Å². The summed E-state index contributed by atoms with van der Waals surface area (Å²) in [5.74, 6) is -0.475. The quantitative estimate of drug-likeness (QED) is 0.741. The number of aromatic nitrogens is 1. The Morgan fingerprint density at radius 1 is 1.56 bits per heavy atom. The maximum Gasteiger partial charge on any atom is 0.322 e. The van der Waals surface area contributed by atoms with E-state index in [0.29, 0.717) is 17.0 Å². The molecule has 1 heterocycles. The lowest BCUT2D eigenvalue weighted by atomic mass is 10.00. The number of fused-ring (bicyclic) bond motifs is 1. The molecular weight excluding hydrogens is 234 g/mol. The highest BCUT2D eigenvalue weighted by Gasteiger charge is 2.24. The van der Waals surface area contributed by atoms with E-state index in [9.17, 15) is 4.79 Å². The van der Waals surface area contributed by atoms with Crippen molar-refractivity contribution in [1.29, 1.82) is 0 Å². The molecule has 0 amide bonds. The average Bonchev–Trinajstić information content (AvgIpc) is 2.69. The number of nitrogens with one attached hydrogen (secondary N) is 1. The Labute approximate surface area is 104 Å². The number of carboxylic acid groups (broad SMARTS) is 1. The maximum atomic E-state index is 10.9. The van der Waals surface area contributed by atoms with Gasteiger partial charge in [-0.25, -0.2) is 4.98 Å². The number of carboxylic acids is 1. The van der Waals surface area contributed by atoms with Gasteiger partial charge in [0.05, 0.1) is 6.04 Å². The summed E-state index contributed by atoms with van der Waals surface area (Å²) in [4.78, 5) is 15.2. The van der Waals surface area contributed by atoms with E-state index in [1.165, 1.54) is 0 Å². The van der Waals surface area contributed by atoms with Crippen molar-refractivity contribution in [3.8, 4) is 0 Å². The maximum absolute atomic E-state index is 10.9. The molecule has 6 heteroatoms. The number of carbonyl (C=O) groups is 1. The van der Waals surface area contributed by atoms with Crippen LogP contribution in [0.25, 0.3) is 11.1 Å². The summed E-state index contributed by atoms with van der Waals surface area (Å²) in [7, 11) is 1.67. The number of aliphatic carboxylic acids is 1. The topological polar surface area (TPSA) is 101 Å². The van der Waals surface area contributed by atoms with Crippen LogP contribution in [-0.2, 0) is 4.79 Å². The Balaban J connectivity index is 2.41. The van der Waals surface area contributed by atoms with E-state index in [4.69, 9.17) is 15.3 Å². The Hall–Kier alpha value is -1.92. The highest BCUT2D eigenvalue weighted by atomic mass is 16.4. The Kier molecular flexibility index (Phi) is 3.31. The number of nitrogens with zero attached hydrogens (tertiary/aromatic N) is 1. The van der Waals surface area contributed by atoms with E-state index in [1.807, 2.05) is 0 Å². The molecular formula is C12H15N3O3. The van der Waals surface area contributed by atoms with Gasteiger partial charge in [0.2, 0.25) is 0 Å². The Morgan fingerprint density at radius 3 is 2.89 bits per heavy atom. The van der Waals surface area contributed by atoms with Crippen LogP contribution < -0.4 is 11.1 Å². The molecule has 0 radical (unpaired) electrons. The summed E-state index contributed by atoms with van der Waals surface area (Å²) in [6.45, 7) is 1.76. The highest BCUT2D eigenvalue weighted by molar-refractivity contribution is 5.76. The van der Waals surface area contributed by atoms with E-state index >= 15 is 0 Å². The molecule has 0 fully saturated rings. The van der Waals surface area contributed by atoms with E-state index in [-0.39, 0.29) is 0 Å². The molecule has 96 valence electrons. The van der Waals surface area contributed by atoms with Crippen molar-refractivity contribution in [3.63, 3.8) is 0 Å². The lowest BCUT2D eigenvalue weighted by Gasteiger charge is -2.20. The minimum Gasteiger partial charge on any atom is -0.480 e. The van der Waals surface area contributed by atoms with Crippen molar-refractivity contribution in [1.82, 2.24) is 10.3 Å². The van der Waals surface area contributed by atoms with Crippen molar-refractivity contribution in [2.45, 2.75) is 19.0 Å². The summed E-state index contributed by atoms with van der Waals surface area (Å²) in [6.07, 6.45) is 0. The number of likely N-dealkylation sites (N-methyl/N-ethyl adjacent to an activating group) is 1. The van der Waals surface area contributed by atoms with Gasteiger partial charge in [-0.2, -0.15) is 0 Å². The van der Waals surface area contributed by atoms with Crippen LogP contribution in [0, 0.1) is 6.92 Å². The monoisotopic (exact) mass is 249 g/mol. The molecule has 1 aromatic heterocycles. The number of rotatable bonds is 4. The van der Waals surface area contributed by atoms with Gasteiger partial charge in [-0.3, -0.25) is 4.79 Å². The van der Waals surface area contributed by atoms with Crippen LogP contribution in [0.3, 0.4) is 0 Å². The molecule has 1 aromatic carbocycles. The molecule has 18 heavy (non-hydrogen) atoms. The van der Waals surface area contributed by atoms with E-state index < -0.39 is 18.1 Å². The molecule has 2 aromatic rings. The second-order valence-corrected chi connectivity index (χ2v) is 4.09. The van der Waals surface area contributed by atoms with Gasteiger partial charge in [0.1, 0.15) is 11.6 Å². The SMILES string of the molecule is CNC(c1ccc2oc(C)nc2c1)C(N)C(=O)O. The van der Waals surface area contributed by atoms with Crippen LogP contribution in [0.15, 0.2) is 22.6 Å². The number of hydrogen-bond donors (Lipinski definition) is 3. The largest absolute Gasteiger partial charge is 0.480 e. The first kappa shape index (κ1) is 12.5. The lowest BCUT2D eigenvalue weighted by molar-refractivity contribution is -0.139. The zero-order valence-electron chi connectivity index (χ0n) is 10.2. The number of aryl methyl sites for hydroxylation is 1. The van der Waals surface area contributed by atoms with Crippen LogP contribution in [0.5, 0.6) is 0 Å². The number of hydrogen-bond acceptors (Lipinski definition) is 5. The fourth-order valence-corrected chi connectivity index (χ4v) is 1.95. The van der Waals surface area contributed by atoms with Crippen LogP contribution >= 0.6 is 0 Å². The Morgan fingerprint density at radius 2 is 2.28 bits per heavy atom. The van der Waals surface area contributed by atoms with Crippen LogP contribution in [0.4, 0.5) is 0 Å². The van der Waals surface area contributed by atoms with Crippen molar-refractivity contribution in [2.24, 2.45) is 5.73 Å². The summed E-state index contributed by atoms with van der Waals surface area (Å²) in [5, 5.41) is 11.9. The second-order valence-electron chi connectivity index (χ2n) is 4.09. The van der Waals surface area contributed by atoms with Crippen molar-refractivity contribution in [3.05, 3.63) is 29.7 Å². The molecule has 0 aliphatic heterocycles. The van der Waals surface area contributed by atoms with Crippen LogP contribution in [-0.4, -0.2) is 29.1 Å². The predicted octanol–water partition coefficient (Wildman–Crippen LogP) is 0.809. The fraction of sp³-hybridized carbons (Fsp3) is 0.333. The molecule has 0 bridgehead atoms. The lowest BCUT2D eigenvalue weighted by Crippen LogP contribution is -2.42. The third-order valence-electron chi connectivity index (χ3n) is 2.83. The van der Waals surface area contributed by atoms with Crippen LogP contribution in [0.2, 0.25) is 0 Å². The van der Waals surface area contributed by atoms with Gasteiger partial charge in [-0.1, -0.05) is 6.07 Å². The molecule has 0 aliphatic carbocycles. The number of nitrogens with two attached hydrogens (primary N) is 1. The molecule has 0 saturated carbocycles. The predicted molar refractivity (Wildman–Crippen MR) is 66.2 cm³/mol. The summed E-state index contributed by atoms with van der Waals surface area (Å²) in [6, 6.07) is 3.86. The minimum absolute atomic E-state index is 0.469.